The van der Waals surface area contributed by atoms with Gasteiger partial charge >= 0.3 is 5.97 Å². The average Bonchev–Trinajstić information content (AvgIpc) is 3.56. The predicted octanol–water partition coefficient (Wildman–Crippen LogP) is 3.35. The van der Waals surface area contributed by atoms with Gasteiger partial charge in [0.05, 0.1) is 11.1 Å². The molecular weight excluding hydrogens is 411 g/mol. The largest absolute Gasteiger partial charge is 0.477 e. The molecule has 6 rings (SSSR count). The Kier molecular flexibility index (Phi) is 3.48. The number of rotatable bonds is 3. The van der Waals surface area contributed by atoms with Gasteiger partial charge in [-0.3, -0.25) is 9.36 Å². The molecule has 3 aliphatic rings. The number of carboxylic acids is 1. The SMILES string of the molecule is O=C(O)c1cn(-c2ccc(F)cc2F)c2nc(N3CC4C(C3)C43CC3)c(F)cc2c1=O. The molecule has 6 nitrogen and oxygen atoms in total. The van der Waals surface area contributed by atoms with Gasteiger partial charge in [-0.15, -0.1) is 0 Å². The summed E-state index contributed by atoms with van der Waals surface area (Å²) in [4.78, 5) is 30.4. The Morgan fingerprint density at radius 1 is 1.10 bits per heavy atom. The molecule has 1 N–H and O–H groups in total. The van der Waals surface area contributed by atoms with Gasteiger partial charge in [-0.25, -0.2) is 22.9 Å². The van der Waals surface area contributed by atoms with E-state index in [0.29, 0.717) is 36.4 Å². The number of halogens is 3. The molecule has 3 heterocycles. The Morgan fingerprint density at radius 3 is 2.42 bits per heavy atom. The lowest BCUT2D eigenvalue weighted by atomic mass is 10.1. The fourth-order valence-electron chi connectivity index (χ4n) is 5.35. The van der Waals surface area contributed by atoms with E-state index in [9.17, 15) is 27.9 Å². The topological polar surface area (TPSA) is 75.4 Å². The van der Waals surface area contributed by atoms with Gasteiger partial charge in [0.15, 0.2) is 17.3 Å². The minimum Gasteiger partial charge on any atom is -0.477 e. The zero-order valence-corrected chi connectivity index (χ0v) is 16.1. The number of carboxylic acid groups (broad SMARTS) is 1. The average molecular weight is 427 g/mol. The molecule has 31 heavy (non-hydrogen) atoms. The number of anilines is 1. The summed E-state index contributed by atoms with van der Waals surface area (Å²) in [5.74, 6) is -2.95. The Bertz CT molecular complexity index is 1350. The summed E-state index contributed by atoms with van der Waals surface area (Å²) in [6, 6.07) is 3.73. The highest BCUT2D eigenvalue weighted by atomic mass is 19.1. The molecule has 2 saturated carbocycles. The smallest absolute Gasteiger partial charge is 0.341 e. The maximum atomic E-state index is 15.0. The molecular formula is C22H16F3N3O3. The fourth-order valence-corrected chi connectivity index (χ4v) is 5.35. The molecule has 9 heteroatoms. The number of pyridine rings is 2. The highest BCUT2D eigenvalue weighted by Crippen LogP contribution is 2.77. The summed E-state index contributed by atoms with van der Waals surface area (Å²) >= 11 is 0. The van der Waals surface area contributed by atoms with Crippen molar-refractivity contribution in [2.75, 3.05) is 18.0 Å². The van der Waals surface area contributed by atoms with E-state index < -0.39 is 34.4 Å². The third-order valence-electron chi connectivity index (χ3n) is 7.13. The number of nitrogens with zero attached hydrogens (tertiary/aromatic N) is 3. The van der Waals surface area contributed by atoms with Crippen molar-refractivity contribution in [2.24, 2.45) is 17.3 Å². The van der Waals surface area contributed by atoms with E-state index in [4.69, 9.17) is 0 Å². The summed E-state index contributed by atoms with van der Waals surface area (Å²) < 4.78 is 44.0. The van der Waals surface area contributed by atoms with E-state index >= 15 is 0 Å². The number of fused-ring (bicyclic) bond motifs is 4. The number of aromatic carboxylic acids is 1. The van der Waals surface area contributed by atoms with Gasteiger partial charge in [0.1, 0.15) is 17.2 Å². The molecule has 1 saturated heterocycles. The van der Waals surface area contributed by atoms with Crippen molar-refractivity contribution in [3.63, 3.8) is 0 Å². The summed E-state index contributed by atoms with van der Waals surface area (Å²) in [5, 5.41) is 9.12. The van der Waals surface area contributed by atoms with Crippen molar-refractivity contribution < 1.29 is 23.1 Å². The van der Waals surface area contributed by atoms with E-state index in [1.807, 2.05) is 4.90 Å². The minimum atomic E-state index is -1.54. The van der Waals surface area contributed by atoms with Crippen LogP contribution in [0.2, 0.25) is 0 Å². The van der Waals surface area contributed by atoms with E-state index in [1.165, 1.54) is 12.8 Å². The summed E-state index contributed by atoms with van der Waals surface area (Å²) in [6.45, 7) is 1.34. The van der Waals surface area contributed by atoms with Gasteiger partial charge < -0.3 is 10.0 Å². The van der Waals surface area contributed by atoms with Crippen molar-refractivity contribution in [1.29, 1.82) is 0 Å². The highest BCUT2D eigenvalue weighted by Gasteiger charge is 2.74. The van der Waals surface area contributed by atoms with Crippen LogP contribution in [0, 0.1) is 34.7 Å². The summed E-state index contributed by atoms with van der Waals surface area (Å²) in [6.07, 6.45) is 3.37. The van der Waals surface area contributed by atoms with Crippen LogP contribution in [0.3, 0.4) is 0 Å². The third-order valence-corrected chi connectivity index (χ3v) is 7.13. The van der Waals surface area contributed by atoms with Gasteiger partial charge in [-0.1, -0.05) is 0 Å². The molecule has 0 bridgehead atoms. The van der Waals surface area contributed by atoms with Crippen LogP contribution in [0.4, 0.5) is 19.0 Å². The fraction of sp³-hybridized carbons (Fsp3) is 0.318. The van der Waals surface area contributed by atoms with Gasteiger partial charge in [0, 0.05) is 25.4 Å². The Labute approximate surface area is 173 Å². The molecule has 158 valence electrons. The molecule has 0 radical (unpaired) electrons. The van der Waals surface area contributed by atoms with Crippen LogP contribution in [0.15, 0.2) is 35.3 Å². The quantitative estimate of drug-likeness (QED) is 0.694. The Balaban J connectivity index is 1.56. The van der Waals surface area contributed by atoms with Gasteiger partial charge in [0.2, 0.25) is 5.43 Å². The lowest BCUT2D eigenvalue weighted by Gasteiger charge is -2.22. The summed E-state index contributed by atoms with van der Waals surface area (Å²) in [7, 11) is 0. The minimum absolute atomic E-state index is 0.0502. The number of hydrogen-bond donors (Lipinski definition) is 1. The normalized spacial score (nSPS) is 22.7. The van der Waals surface area contributed by atoms with E-state index in [1.54, 1.807) is 0 Å². The van der Waals surface area contributed by atoms with E-state index in [-0.39, 0.29) is 22.5 Å². The number of piperidine rings is 1. The molecule has 3 fully saturated rings. The third kappa shape index (κ3) is 2.49. The van der Waals surface area contributed by atoms with Crippen molar-refractivity contribution in [1.82, 2.24) is 9.55 Å². The first-order chi connectivity index (χ1) is 14.8. The molecule has 2 aromatic heterocycles. The standard InChI is InChI=1S/C22H16F3N3O3/c23-10-1-2-17(15(24)5-10)28-7-12(21(30)31)18(29)11-6-16(25)20(26-19(11)28)27-8-13-14(9-27)22(13)3-4-22/h1-2,5-7,13-14H,3-4,8-9H2,(H,30,31). The first kappa shape index (κ1) is 18.4. The van der Waals surface area contributed by atoms with Crippen LogP contribution >= 0.6 is 0 Å². The maximum Gasteiger partial charge on any atom is 0.341 e. The lowest BCUT2D eigenvalue weighted by molar-refractivity contribution is 0.0695. The molecule has 1 aliphatic heterocycles. The molecule has 1 aromatic carbocycles. The van der Waals surface area contributed by atoms with Gasteiger partial charge in [-0.05, 0) is 48.3 Å². The molecule has 2 unspecified atom stereocenters. The van der Waals surface area contributed by atoms with Crippen LogP contribution in [0.5, 0.6) is 0 Å². The molecule has 0 amide bonds. The number of benzene rings is 1. The Hall–Kier alpha value is -3.36. The van der Waals surface area contributed by atoms with Gasteiger partial charge in [0.25, 0.3) is 0 Å². The Morgan fingerprint density at radius 2 is 1.81 bits per heavy atom. The first-order valence-corrected chi connectivity index (χ1v) is 10.00. The second-order valence-corrected chi connectivity index (χ2v) is 8.66. The van der Waals surface area contributed by atoms with Crippen LogP contribution in [0.25, 0.3) is 16.7 Å². The maximum absolute atomic E-state index is 15.0. The van der Waals surface area contributed by atoms with Crippen LogP contribution in [-0.2, 0) is 0 Å². The second-order valence-electron chi connectivity index (χ2n) is 8.66. The van der Waals surface area contributed by atoms with Crippen LogP contribution in [0.1, 0.15) is 23.2 Å². The molecule has 2 aliphatic carbocycles. The van der Waals surface area contributed by atoms with Crippen molar-refractivity contribution in [3.8, 4) is 5.69 Å². The van der Waals surface area contributed by atoms with E-state index in [0.717, 1.165) is 29.0 Å². The van der Waals surface area contributed by atoms with Crippen LogP contribution < -0.4 is 10.3 Å². The first-order valence-electron chi connectivity index (χ1n) is 10.00. The second kappa shape index (κ2) is 5.87. The van der Waals surface area contributed by atoms with E-state index in [2.05, 4.69) is 4.98 Å². The zero-order valence-electron chi connectivity index (χ0n) is 16.1. The number of aromatic nitrogens is 2. The van der Waals surface area contributed by atoms with Crippen LogP contribution in [-0.4, -0.2) is 33.7 Å². The molecule has 2 atom stereocenters. The van der Waals surface area contributed by atoms with Crippen molar-refractivity contribution in [3.05, 3.63) is 63.7 Å². The zero-order chi connectivity index (χ0) is 21.7. The molecule has 1 spiro atoms. The predicted molar refractivity (Wildman–Crippen MR) is 105 cm³/mol. The van der Waals surface area contributed by atoms with Gasteiger partial charge in [-0.2, -0.15) is 0 Å². The number of hydrogen-bond acceptors (Lipinski definition) is 4. The number of carbonyl (C=O) groups is 1. The monoisotopic (exact) mass is 427 g/mol. The summed E-state index contributed by atoms with van der Waals surface area (Å²) in [5.41, 5.74) is -1.41. The van der Waals surface area contributed by atoms with Crippen molar-refractivity contribution in [2.45, 2.75) is 12.8 Å². The lowest BCUT2D eigenvalue weighted by Crippen LogP contribution is -2.27. The molecule has 3 aromatic rings. The highest BCUT2D eigenvalue weighted by molar-refractivity contribution is 5.92. The van der Waals surface area contributed by atoms with Crippen molar-refractivity contribution >= 4 is 22.8 Å².